The summed E-state index contributed by atoms with van der Waals surface area (Å²) >= 11 is 0. The van der Waals surface area contributed by atoms with E-state index in [1.807, 2.05) is 5.56 Å². The van der Waals surface area contributed by atoms with Gasteiger partial charge >= 0.3 is 150 Å². The van der Waals surface area contributed by atoms with Gasteiger partial charge in [0.15, 0.2) is 0 Å². The van der Waals surface area contributed by atoms with Gasteiger partial charge in [-0.2, -0.15) is 0 Å². The first-order chi connectivity index (χ1) is 13.8. The molecule has 21 rings (SSSR count). The summed E-state index contributed by atoms with van der Waals surface area (Å²) in [6.45, 7) is -6.14. The van der Waals surface area contributed by atoms with E-state index in [9.17, 15) is 0 Å². The maximum atomic E-state index is 2.75. The molecule has 20 saturated heterocycles. The van der Waals surface area contributed by atoms with Crippen LogP contribution < -0.4 is 0 Å². The minimum atomic E-state index is -3.07. The van der Waals surface area contributed by atoms with Gasteiger partial charge < -0.3 is 0 Å². The predicted molar refractivity (Wildman–Crippen MR) is 102 cm³/mol. The first kappa shape index (κ1) is 9.63. The van der Waals surface area contributed by atoms with E-state index in [4.69, 9.17) is 0 Å². The molecule has 0 bridgehead atoms. The van der Waals surface area contributed by atoms with Crippen LogP contribution in [-0.4, -0.2) is 0 Å². The standard InChI is InChI=1S/C17H14.2C5H5.2Fe/c1-2-8-14(9-3-1)17(15-10-4-5-11-15)16-12-6-7-13-16;2*1-2-4-5-3-1;;/h1-13,17H;2*1-5H;;. The quantitative estimate of drug-likeness (QED) is 0.398. The van der Waals surface area contributed by atoms with Gasteiger partial charge in [-0.3, -0.25) is 0 Å². The molecule has 20 heterocycles. The third-order valence-corrected chi connectivity index (χ3v) is 117. The zero-order chi connectivity index (χ0) is 16.7. The number of benzene rings is 1. The van der Waals surface area contributed by atoms with Crippen LogP contribution in [0.15, 0.2) is 30.3 Å². The van der Waals surface area contributed by atoms with Crippen molar-refractivity contribution in [3.8, 4) is 0 Å². The van der Waals surface area contributed by atoms with Crippen molar-refractivity contribution in [2.24, 2.45) is 0 Å². The van der Waals surface area contributed by atoms with Gasteiger partial charge in [-0.25, -0.2) is 0 Å². The summed E-state index contributed by atoms with van der Waals surface area (Å²) in [5.41, 5.74) is 2.02. The van der Waals surface area contributed by atoms with Crippen LogP contribution in [0.3, 0.4) is 0 Å². The van der Waals surface area contributed by atoms with Crippen molar-refractivity contribution in [3.63, 3.8) is 0 Å². The molecule has 20 aliphatic heterocycles. The van der Waals surface area contributed by atoms with E-state index in [2.05, 4.69) is 30.3 Å². The molecule has 0 nitrogen and oxygen atoms in total. The second-order valence-corrected chi connectivity index (χ2v) is 68.5. The Balaban J connectivity index is 1.13. The molecule has 20 fully saturated rings. The van der Waals surface area contributed by atoms with Gasteiger partial charge in [0.1, 0.15) is 0 Å². The monoisotopic (exact) mass is 460 g/mol. The molecule has 0 N–H and O–H groups in total. The third kappa shape index (κ3) is 0.0961. The Labute approximate surface area is 149 Å². The van der Waals surface area contributed by atoms with E-state index in [-0.39, 0.29) is 0 Å². The summed E-state index contributed by atoms with van der Waals surface area (Å²) in [6.07, 6.45) is 0. The molecule has 148 valence electrons. The van der Waals surface area contributed by atoms with E-state index in [1.54, 1.807) is 67.4 Å². The van der Waals surface area contributed by atoms with Crippen LogP contribution in [0, 0.1) is 0 Å². The van der Waals surface area contributed by atoms with Crippen LogP contribution in [0.2, 0.25) is 95.3 Å². The van der Waals surface area contributed by atoms with E-state index >= 15 is 0 Å². The van der Waals surface area contributed by atoms with Crippen LogP contribution in [0.1, 0.15) is 11.5 Å². The Morgan fingerprint density at radius 3 is 1.07 bits per heavy atom. The van der Waals surface area contributed by atoms with E-state index in [0.29, 0.717) is 0 Å². The molecule has 0 radical (unpaired) electrons. The summed E-state index contributed by atoms with van der Waals surface area (Å²) in [5.74, 6) is 1.26. The summed E-state index contributed by atoms with van der Waals surface area (Å²) in [7, 11) is 0. The first-order valence-corrected chi connectivity index (χ1v) is 25.9. The van der Waals surface area contributed by atoms with Crippen LogP contribution >= 0.6 is 0 Å². The minimum absolute atomic E-state index is 1.16. The zero-order valence-electron chi connectivity index (χ0n) is 16.1. The average Bonchev–Trinajstić information content (AvgIpc) is 3.63. The van der Waals surface area contributed by atoms with Crippen LogP contribution in [0.4, 0.5) is 0 Å². The summed E-state index contributed by atoms with van der Waals surface area (Å²) in [4.78, 5) is 27.8. The molecule has 20 aliphatic rings. The predicted octanol–water partition coefficient (Wildman–Crippen LogP) is 8.29. The number of rotatable bonds is 3. The fourth-order valence-electron chi connectivity index (χ4n) is 35.8. The first-order valence-electron chi connectivity index (χ1n) is 13.3. The van der Waals surface area contributed by atoms with Crippen molar-refractivity contribution in [1.82, 2.24) is 0 Å². The molecule has 0 aliphatic carbocycles. The van der Waals surface area contributed by atoms with E-state index < -0.39 is 13.0 Å². The molecule has 1 aromatic rings. The fraction of sp³-hybridized carbons (Fsp3) is 0.778. The van der Waals surface area contributed by atoms with Gasteiger partial charge in [0.25, 0.3) is 0 Å². The second kappa shape index (κ2) is 0.751. The van der Waals surface area contributed by atoms with Gasteiger partial charge in [-0.1, -0.05) is 0 Å². The molecular formula is C27H24Fe2. The Morgan fingerprint density at radius 1 is 0.483 bits per heavy atom. The van der Waals surface area contributed by atoms with Crippen LogP contribution in [0.5, 0.6) is 0 Å². The molecule has 8 atom stereocenters. The fourth-order valence-corrected chi connectivity index (χ4v) is 186. The summed E-state index contributed by atoms with van der Waals surface area (Å²) < 4.78 is 2.33. The normalized spacial score (nSPS) is 139. The van der Waals surface area contributed by atoms with Crippen molar-refractivity contribution in [2.45, 2.75) is 101 Å². The molecule has 8 unspecified atom stereocenters. The second-order valence-electron chi connectivity index (χ2n) is 21.3. The molecule has 2 heteroatoms. The molecule has 0 amide bonds. The van der Waals surface area contributed by atoms with Crippen molar-refractivity contribution >= 4 is 0 Å². The molecule has 1 aromatic carbocycles. The number of fused-ring (bicyclic) bond motifs is 20. The Morgan fingerprint density at radius 2 is 0.828 bits per heavy atom. The van der Waals surface area contributed by atoms with Crippen LogP contribution in [-0.2, 0) is 13.0 Å². The molecular weight excluding hydrogens is 436 g/mol. The molecule has 0 aromatic heterocycles. The van der Waals surface area contributed by atoms with Crippen molar-refractivity contribution in [1.29, 1.82) is 0 Å². The van der Waals surface area contributed by atoms with Gasteiger partial charge in [0, 0.05) is 0 Å². The van der Waals surface area contributed by atoms with Crippen molar-refractivity contribution in [3.05, 3.63) is 35.9 Å². The average molecular weight is 460 g/mol. The Hall–Kier alpha value is 0.259. The Kier molecular flexibility index (Phi) is 0.249. The molecule has 0 saturated carbocycles. The van der Waals surface area contributed by atoms with E-state index in [0.717, 1.165) is 8.63 Å². The summed E-state index contributed by atoms with van der Waals surface area (Å²) in [5, 5.41) is 0. The molecule has 2 spiro atoms. The van der Waals surface area contributed by atoms with Gasteiger partial charge in [-0.15, -0.1) is 0 Å². The number of hydrogen-bond donors (Lipinski definition) is 0. The summed E-state index contributed by atoms with van der Waals surface area (Å²) in [6, 6.07) is 12.9. The number of hydrogen-bond acceptors (Lipinski definition) is 0. The zero-order valence-corrected chi connectivity index (χ0v) is 18.3. The van der Waals surface area contributed by atoms with Gasteiger partial charge in [-0.05, 0) is 0 Å². The van der Waals surface area contributed by atoms with Crippen molar-refractivity contribution < 1.29 is 13.0 Å². The van der Waals surface area contributed by atoms with Crippen molar-refractivity contribution in [2.75, 3.05) is 0 Å². The maximum absolute atomic E-state index is 3.07. The third-order valence-electron chi connectivity index (χ3n) is 31.6. The van der Waals surface area contributed by atoms with Gasteiger partial charge in [0.05, 0.1) is 0 Å². The SMILES string of the molecule is c1ccc(C([C]23[CH]4[CH]5[CH]6[CH]2[Fe]56432789[CH]3[CH]2[CH]7[CH]8[CH]39)[C]23[CH]4[CH]5[CH]6[CH]2[Fe]56432789[CH]3[CH]2[CH]7[CH]8[CH]39)cc1. The Bertz CT molecular complexity index is 2010. The van der Waals surface area contributed by atoms with E-state index in [1.165, 1.54) is 25.2 Å². The van der Waals surface area contributed by atoms with Gasteiger partial charge in [0.2, 0.25) is 0 Å². The van der Waals surface area contributed by atoms with Crippen LogP contribution in [0.25, 0.3) is 0 Å². The topological polar surface area (TPSA) is 0 Å². The molecule has 29 heavy (non-hydrogen) atoms.